The van der Waals surface area contributed by atoms with Crippen LogP contribution in [0.25, 0.3) is 0 Å². The Labute approximate surface area is 137 Å². The number of alkyl halides is 1. The first-order chi connectivity index (χ1) is 9.87. The molecule has 1 aliphatic rings. The van der Waals surface area contributed by atoms with Crippen LogP contribution in [-0.4, -0.2) is 25.8 Å². The molecule has 21 heavy (non-hydrogen) atoms. The molecule has 0 bridgehead atoms. The Hall–Kier alpha value is -0.290. The molecule has 2 atom stereocenters. The maximum atomic E-state index is 12.9. The highest BCUT2D eigenvalue weighted by Gasteiger charge is 2.34. The third-order valence-corrected chi connectivity index (χ3v) is 7.01. The summed E-state index contributed by atoms with van der Waals surface area (Å²) in [7, 11) is -1.93. The lowest BCUT2D eigenvalue weighted by Crippen LogP contribution is -2.42. The highest BCUT2D eigenvalue weighted by molar-refractivity contribution is 7.89. The minimum Gasteiger partial charge on any atom is -0.207 e. The molecule has 0 saturated heterocycles. The van der Waals surface area contributed by atoms with E-state index in [0.717, 1.165) is 24.8 Å². The zero-order chi connectivity index (χ0) is 15.6. The first kappa shape index (κ1) is 17.1. The van der Waals surface area contributed by atoms with Crippen LogP contribution in [0.5, 0.6) is 0 Å². The predicted molar refractivity (Wildman–Crippen MR) is 87.4 cm³/mol. The summed E-state index contributed by atoms with van der Waals surface area (Å²) in [5.74, 6) is 0.636. The fraction of sp³-hybridized carbons (Fsp3) is 0.600. The molecule has 6 heteroatoms. The Morgan fingerprint density at radius 1 is 1.29 bits per heavy atom. The number of nitrogens with zero attached hydrogens (tertiary/aromatic N) is 1. The molecule has 1 aromatic rings. The maximum Gasteiger partial charge on any atom is 0.244 e. The summed E-state index contributed by atoms with van der Waals surface area (Å²) >= 11 is 11.9. The van der Waals surface area contributed by atoms with Crippen molar-refractivity contribution in [1.82, 2.24) is 4.31 Å². The topological polar surface area (TPSA) is 37.4 Å². The van der Waals surface area contributed by atoms with Crippen LogP contribution in [0.4, 0.5) is 0 Å². The second-order valence-corrected chi connectivity index (χ2v) is 8.39. The van der Waals surface area contributed by atoms with Crippen molar-refractivity contribution in [3.05, 3.63) is 28.8 Å². The van der Waals surface area contributed by atoms with Gasteiger partial charge in [-0.1, -0.05) is 37.4 Å². The lowest BCUT2D eigenvalue weighted by Gasteiger charge is -2.35. The molecule has 0 amide bonds. The van der Waals surface area contributed by atoms with Gasteiger partial charge < -0.3 is 0 Å². The standard InChI is InChI=1S/C15H21Cl2NO2S/c1-11-5-3-4-6-14(11)18(2)21(19,20)15-9-12(10-16)7-8-13(15)17/h7-9,11,14H,3-6,10H2,1-2H3. The first-order valence-electron chi connectivity index (χ1n) is 7.20. The van der Waals surface area contributed by atoms with Crippen molar-refractivity contribution in [3.8, 4) is 0 Å². The van der Waals surface area contributed by atoms with E-state index in [1.54, 1.807) is 25.2 Å². The zero-order valence-corrected chi connectivity index (χ0v) is 14.7. The highest BCUT2D eigenvalue weighted by Crippen LogP contribution is 2.33. The second kappa shape index (κ2) is 6.86. The minimum atomic E-state index is -3.59. The Bertz CT molecular complexity index is 604. The minimum absolute atomic E-state index is 0.0412. The molecule has 0 aromatic heterocycles. The third kappa shape index (κ3) is 3.55. The Balaban J connectivity index is 2.36. The average molecular weight is 350 g/mol. The number of benzene rings is 1. The summed E-state index contributed by atoms with van der Waals surface area (Å²) in [4.78, 5) is 0.155. The Kier molecular flexibility index (Phi) is 5.58. The van der Waals surface area contributed by atoms with Crippen LogP contribution in [0.2, 0.25) is 5.02 Å². The van der Waals surface area contributed by atoms with Gasteiger partial charge in [0.15, 0.2) is 0 Å². The van der Waals surface area contributed by atoms with Crippen LogP contribution in [0.15, 0.2) is 23.1 Å². The van der Waals surface area contributed by atoms with Gasteiger partial charge in [-0.2, -0.15) is 4.31 Å². The number of hydrogen-bond acceptors (Lipinski definition) is 2. The molecule has 2 rings (SSSR count). The van der Waals surface area contributed by atoms with E-state index in [-0.39, 0.29) is 21.8 Å². The van der Waals surface area contributed by atoms with Crippen LogP contribution in [0.3, 0.4) is 0 Å². The molecule has 1 aromatic carbocycles. The molecular formula is C15H21Cl2NO2S. The van der Waals surface area contributed by atoms with Crippen molar-refractivity contribution in [1.29, 1.82) is 0 Å². The summed E-state index contributed by atoms with van der Waals surface area (Å²) in [6, 6.07) is 4.97. The average Bonchev–Trinajstić information content (AvgIpc) is 2.47. The quantitative estimate of drug-likeness (QED) is 0.760. The van der Waals surface area contributed by atoms with E-state index in [0.29, 0.717) is 5.92 Å². The molecule has 0 N–H and O–H groups in total. The Morgan fingerprint density at radius 3 is 2.57 bits per heavy atom. The van der Waals surface area contributed by atoms with Gasteiger partial charge in [0.05, 0.1) is 5.02 Å². The zero-order valence-electron chi connectivity index (χ0n) is 12.4. The molecule has 1 aliphatic carbocycles. The fourth-order valence-electron chi connectivity index (χ4n) is 3.00. The summed E-state index contributed by atoms with van der Waals surface area (Å²) in [5, 5.41) is 0.249. The van der Waals surface area contributed by atoms with Crippen molar-refractivity contribution in [3.63, 3.8) is 0 Å². The number of sulfonamides is 1. The first-order valence-corrected chi connectivity index (χ1v) is 9.55. The fourth-order valence-corrected chi connectivity index (χ4v) is 5.17. The van der Waals surface area contributed by atoms with Gasteiger partial charge in [0.25, 0.3) is 0 Å². The van der Waals surface area contributed by atoms with Gasteiger partial charge in [-0.05, 0) is 36.5 Å². The van der Waals surface area contributed by atoms with Crippen molar-refractivity contribution in [2.45, 2.75) is 49.4 Å². The van der Waals surface area contributed by atoms with Crippen LogP contribution in [0.1, 0.15) is 38.2 Å². The largest absolute Gasteiger partial charge is 0.244 e. The van der Waals surface area contributed by atoms with E-state index in [4.69, 9.17) is 23.2 Å². The molecule has 1 fully saturated rings. The van der Waals surface area contributed by atoms with Crippen molar-refractivity contribution >= 4 is 33.2 Å². The van der Waals surface area contributed by atoms with E-state index in [9.17, 15) is 8.42 Å². The van der Waals surface area contributed by atoms with Gasteiger partial charge in [-0.15, -0.1) is 11.6 Å². The van der Waals surface area contributed by atoms with Gasteiger partial charge >= 0.3 is 0 Å². The second-order valence-electron chi connectivity index (χ2n) is 5.75. The normalized spacial score (nSPS) is 23.5. The summed E-state index contributed by atoms with van der Waals surface area (Å²) in [6.45, 7) is 2.12. The molecule has 1 saturated carbocycles. The van der Waals surface area contributed by atoms with Crippen LogP contribution >= 0.6 is 23.2 Å². The summed E-state index contributed by atoms with van der Waals surface area (Å²) in [5.41, 5.74) is 0.754. The predicted octanol–water partition coefficient (Wildman–Crippen LogP) is 4.28. The van der Waals surface area contributed by atoms with Gasteiger partial charge in [0, 0.05) is 19.0 Å². The van der Waals surface area contributed by atoms with E-state index >= 15 is 0 Å². The number of halogens is 2. The molecule has 3 nitrogen and oxygen atoms in total. The highest BCUT2D eigenvalue weighted by atomic mass is 35.5. The van der Waals surface area contributed by atoms with Crippen molar-refractivity contribution in [2.24, 2.45) is 5.92 Å². The summed E-state index contributed by atoms with van der Waals surface area (Å²) < 4.78 is 27.2. The van der Waals surface area contributed by atoms with E-state index in [1.165, 1.54) is 10.7 Å². The molecule has 0 spiro atoms. The van der Waals surface area contributed by atoms with Crippen LogP contribution < -0.4 is 0 Å². The molecule has 0 radical (unpaired) electrons. The number of hydrogen-bond donors (Lipinski definition) is 0. The summed E-state index contributed by atoms with van der Waals surface area (Å²) in [6.07, 6.45) is 4.22. The van der Waals surface area contributed by atoms with Crippen LogP contribution in [-0.2, 0) is 15.9 Å². The maximum absolute atomic E-state index is 12.9. The lowest BCUT2D eigenvalue weighted by atomic mass is 9.86. The van der Waals surface area contributed by atoms with Gasteiger partial charge in [-0.3, -0.25) is 0 Å². The van der Waals surface area contributed by atoms with Crippen molar-refractivity contribution < 1.29 is 8.42 Å². The third-order valence-electron chi connectivity index (χ3n) is 4.34. The molecule has 0 aliphatic heterocycles. The van der Waals surface area contributed by atoms with Crippen molar-refractivity contribution in [2.75, 3.05) is 7.05 Å². The molecular weight excluding hydrogens is 329 g/mol. The van der Waals surface area contributed by atoms with E-state index in [1.807, 2.05) is 0 Å². The monoisotopic (exact) mass is 349 g/mol. The van der Waals surface area contributed by atoms with Gasteiger partial charge in [0.2, 0.25) is 10.0 Å². The van der Waals surface area contributed by atoms with E-state index < -0.39 is 10.0 Å². The smallest absolute Gasteiger partial charge is 0.207 e. The SMILES string of the molecule is CC1CCCCC1N(C)S(=O)(=O)c1cc(CCl)ccc1Cl. The van der Waals surface area contributed by atoms with E-state index in [2.05, 4.69) is 6.92 Å². The lowest BCUT2D eigenvalue weighted by molar-refractivity contribution is 0.213. The number of rotatable bonds is 4. The van der Waals surface area contributed by atoms with Gasteiger partial charge in [-0.25, -0.2) is 8.42 Å². The molecule has 2 unspecified atom stereocenters. The molecule has 0 heterocycles. The van der Waals surface area contributed by atoms with Gasteiger partial charge in [0.1, 0.15) is 4.90 Å². The molecule has 118 valence electrons. The Morgan fingerprint density at radius 2 is 1.95 bits per heavy atom. The van der Waals surface area contributed by atoms with Crippen LogP contribution in [0, 0.1) is 5.92 Å².